The second-order valence-electron chi connectivity index (χ2n) is 6.96. The Labute approximate surface area is 165 Å². The summed E-state index contributed by atoms with van der Waals surface area (Å²) in [5.41, 5.74) is 0.804. The van der Waals surface area contributed by atoms with Crippen LogP contribution >= 0.6 is 11.6 Å². The Kier molecular flexibility index (Phi) is 6.02. The molecule has 1 saturated heterocycles. The zero-order valence-corrected chi connectivity index (χ0v) is 17.0. The molecule has 1 heterocycles. The predicted octanol–water partition coefficient (Wildman–Crippen LogP) is 4.41. The van der Waals surface area contributed by atoms with E-state index < -0.39 is 0 Å². The standard InChI is InChI=1S/C21H26ClNO4/c1-21(27-17-9-8-16(22)12-19(17)25-3)10-11-23(14-21)13-15-6-5-7-18(24-2)20(15)26-4/h5-9,12H,10-11,13-14H2,1-4H3. The van der Waals surface area contributed by atoms with Crippen LogP contribution in [-0.4, -0.2) is 44.9 Å². The number of hydrogen-bond donors (Lipinski definition) is 0. The van der Waals surface area contributed by atoms with Crippen molar-refractivity contribution in [3.05, 3.63) is 47.0 Å². The normalized spacial score (nSPS) is 19.7. The first-order valence-electron chi connectivity index (χ1n) is 8.93. The minimum absolute atomic E-state index is 0.298. The molecule has 146 valence electrons. The molecule has 1 unspecified atom stereocenters. The van der Waals surface area contributed by atoms with Crippen molar-refractivity contribution in [2.45, 2.75) is 25.5 Å². The van der Waals surface area contributed by atoms with Crippen LogP contribution < -0.4 is 18.9 Å². The molecular weight excluding hydrogens is 366 g/mol. The first kappa shape index (κ1) is 19.6. The van der Waals surface area contributed by atoms with Crippen molar-refractivity contribution < 1.29 is 18.9 Å². The number of halogens is 1. The Morgan fingerprint density at radius 3 is 2.48 bits per heavy atom. The van der Waals surface area contributed by atoms with Crippen molar-refractivity contribution in [1.29, 1.82) is 0 Å². The molecule has 0 amide bonds. The van der Waals surface area contributed by atoms with Crippen LogP contribution in [0, 0.1) is 0 Å². The highest BCUT2D eigenvalue weighted by atomic mass is 35.5. The molecule has 0 aromatic heterocycles. The molecule has 1 aliphatic heterocycles. The van der Waals surface area contributed by atoms with Crippen LogP contribution in [0.5, 0.6) is 23.0 Å². The smallest absolute Gasteiger partial charge is 0.165 e. The molecule has 1 aliphatic rings. The number of hydrogen-bond acceptors (Lipinski definition) is 5. The Bertz CT molecular complexity index is 798. The molecule has 1 atom stereocenters. The molecule has 27 heavy (non-hydrogen) atoms. The predicted molar refractivity (Wildman–Crippen MR) is 106 cm³/mol. The minimum Gasteiger partial charge on any atom is -0.493 e. The highest BCUT2D eigenvalue weighted by Crippen LogP contribution is 2.37. The van der Waals surface area contributed by atoms with Gasteiger partial charge in [-0.2, -0.15) is 0 Å². The number of para-hydroxylation sites is 1. The largest absolute Gasteiger partial charge is 0.493 e. The number of ether oxygens (including phenoxy) is 4. The Balaban J connectivity index is 1.71. The van der Waals surface area contributed by atoms with Gasteiger partial charge in [-0.15, -0.1) is 0 Å². The summed E-state index contributed by atoms with van der Waals surface area (Å²) < 4.78 is 22.7. The van der Waals surface area contributed by atoms with E-state index in [-0.39, 0.29) is 5.60 Å². The van der Waals surface area contributed by atoms with Crippen molar-refractivity contribution in [1.82, 2.24) is 4.90 Å². The fourth-order valence-electron chi connectivity index (χ4n) is 3.55. The number of nitrogens with zero attached hydrogens (tertiary/aromatic N) is 1. The van der Waals surface area contributed by atoms with Crippen molar-refractivity contribution >= 4 is 11.6 Å². The average Bonchev–Trinajstić information content (AvgIpc) is 3.03. The Hall–Kier alpha value is -2.11. The van der Waals surface area contributed by atoms with E-state index in [2.05, 4.69) is 17.9 Å². The number of likely N-dealkylation sites (tertiary alicyclic amines) is 1. The van der Waals surface area contributed by atoms with Gasteiger partial charge in [0.1, 0.15) is 5.60 Å². The molecule has 0 bridgehead atoms. The van der Waals surface area contributed by atoms with E-state index in [1.165, 1.54) is 0 Å². The third-order valence-corrected chi connectivity index (χ3v) is 5.11. The van der Waals surface area contributed by atoms with Gasteiger partial charge in [0.05, 0.1) is 21.3 Å². The van der Waals surface area contributed by atoms with Crippen LogP contribution in [0.3, 0.4) is 0 Å². The fraction of sp³-hybridized carbons (Fsp3) is 0.429. The van der Waals surface area contributed by atoms with Gasteiger partial charge >= 0.3 is 0 Å². The highest BCUT2D eigenvalue weighted by molar-refractivity contribution is 6.30. The SMILES string of the molecule is COc1cc(Cl)ccc1OC1(C)CCN(Cc2cccc(OC)c2OC)C1. The van der Waals surface area contributed by atoms with E-state index >= 15 is 0 Å². The Morgan fingerprint density at radius 2 is 1.78 bits per heavy atom. The summed E-state index contributed by atoms with van der Waals surface area (Å²) in [6, 6.07) is 11.4. The average molecular weight is 392 g/mol. The lowest BCUT2D eigenvalue weighted by molar-refractivity contribution is 0.0911. The van der Waals surface area contributed by atoms with Crippen LogP contribution in [0.4, 0.5) is 0 Å². The number of benzene rings is 2. The van der Waals surface area contributed by atoms with Gasteiger partial charge in [-0.3, -0.25) is 4.90 Å². The van der Waals surface area contributed by atoms with E-state index in [1.807, 2.05) is 24.3 Å². The summed E-state index contributed by atoms with van der Waals surface area (Å²) in [6.45, 7) is 4.65. The molecule has 0 radical (unpaired) electrons. The Morgan fingerprint density at radius 1 is 1.00 bits per heavy atom. The van der Waals surface area contributed by atoms with Gasteiger partial charge in [-0.25, -0.2) is 0 Å². The maximum Gasteiger partial charge on any atom is 0.165 e. The summed E-state index contributed by atoms with van der Waals surface area (Å²) >= 11 is 6.05. The molecule has 0 N–H and O–H groups in total. The van der Waals surface area contributed by atoms with Crippen LogP contribution in [0.1, 0.15) is 18.9 Å². The first-order valence-corrected chi connectivity index (χ1v) is 9.30. The summed E-state index contributed by atoms with van der Waals surface area (Å²) in [7, 11) is 4.95. The van der Waals surface area contributed by atoms with Gasteiger partial charge in [-0.1, -0.05) is 23.7 Å². The van der Waals surface area contributed by atoms with E-state index in [4.69, 9.17) is 30.5 Å². The van der Waals surface area contributed by atoms with Gasteiger partial charge in [0.2, 0.25) is 0 Å². The molecule has 5 nitrogen and oxygen atoms in total. The van der Waals surface area contributed by atoms with Gasteiger partial charge < -0.3 is 18.9 Å². The van der Waals surface area contributed by atoms with E-state index in [0.717, 1.165) is 43.1 Å². The van der Waals surface area contributed by atoms with Gasteiger partial charge in [0, 0.05) is 42.7 Å². The maximum absolute atomic E-state index is 6.33. The zero-order chi connectivity index (χ0) is 19.4. The van der Waals surface area contributed by atoms with Crippen molar-refractivity contribution in [3.8, 4) is 23.0 Å². The summed E-state index contributed by atoms with van der Waals surface area (Å²) in [4.78, 5) is 2.36. The van der Waals surface area contributed by atoms with E-state index in [9.17, 15) is 0 Å². The molecule has 0 spiro atoms. The van der Waals surface area contributed by atoms with E-state index in [1.54, 1.807) is 27.4 Å². The van der Waals surface area contributed by atoms with Crippen molar-refractivity contribution in [3.63, 3.8) is 0 Å². The quantitative estimate of drug-likeness (QED) is 0.699. The second kappa shape index (κ2) is 8.28. The fourth-order valence-corrected chi connectivity index (χ4v) is 3.72. The molecule has 0 saturated carbocycles. The lowest BCUT2D eigenvalue weighted by Gasteiger charge is -2.27. The third kappa shape index (κ3) is 4.42. The van der Waals surface area contributed by atoms with Crippen LogP contribution in [-0.2, 0) is 6.54 Å². The monoisotopic (exact) mass is 391 g/mol. The topological polar surface area (TPSA) is 40.2 Å². The van der Waals surface area contributed by atoms with Gasteiger partial charge in [0.15, 0.2) is 23.0 Å². The molecule has 6 heteroatoms. The molecule has 2 aromatic rings. The lowest BCUT2D eigenvalue weighted by Crippen LogP contribution is -2.36. The second-order valence-corrected chi connectivity index (χ2v) is 7.40. The van der Waals surface area contributed by atoms with Crippen molar-refractivity contribution in [2.24, 2.45) is 0 Å². The highest BCUT2D eigenvalue weighted by Gasteiger charge is 2.36. The van der Waals surface area contributed by atoms with E-state index in [0.29, 0.717) is 16.5 Å². The third-order valence-electron chi connectivity index (χ3n) is 4.88. The first-order chi connectivity index (χ1) is 13.0. The van der Waals surface area contributed by atoms with Gasteiger partial charge in [-0.05, 0) is 25.1 Å². The molecule has 3 rings (SSSR count). The van der Waals surface area contributed by atoms with Crippen LogP contribution in [0.25, 0.3) is 0 Å². The molecule has 2 aromatic carbocycles. The molecule has 1 fully saturated rings. The summed E-state index contributed by atoms with van der Waals surface area (Å²) in [6.07, 6.45) is 0.922. The molecule has 0 aliphatic carbocycles. The number of methoxy groups -OCH3 is 3. The van der Waals surface area contributed by atoms with Crippen LogP contribution in [0.2, 0.25) is 5.02 Å². The summed E-state index contributed by atoms with van der Waals surface area (Å²) in [5.74, 6) is 2.90. The van der Waals surface area contributed by atoms with Crippen molar-refractivity contribution in [2.75, 3.05) is 34.4 Å². The lowest BCUT2D eigenvalue weighted by atomic mass is 10.1. The van der Waals surface area contributed by atoms with Gasteiger partial charge in [0.25, 0.3) is 0 Å². The van der Waals surface area contributed by atoms with Crippen LogP contribution in [0.15, 0.2) is 36.4 Å². The maximum atomic E-state index is 6.33. The molecular formula is C21H26ClNO4. The number of rotatable bonds is 7. The summed E-state index contributed by atoms with van der Waals surface area (Å²) in [5, 5.41) is 0.627. The minimum atomic E-state index is -0.298. The zero-order valence-electron chi connectivity index (χ0n) is 16.3.